The predicted molar refractivity (Wildman–Crippen MR) is 54.9 cm³/mol. The Morgan fingerprint density at radius 3 is 2.71 bits per heavy atom. The van der Waals surface area contributed by atoms with Gasteiger partial charge < -0.3 is 5.11 Å². The number of halogens is 1. The molecule has 5 heteroatoms. The van der Waals surface area contributed by atoms with Crippen molar-refractivity contribution in [1.29, 1.82) is 5.26 Å². The largest absolute Gasteiger partial charge is 0.478 e. The summed E-state index contributed by atoms with van der Waals surface area (Å²) in [6.07, 6.45) is 1.80. The van der Waals surface area contributed by atoms with Crippen LogP contribution in [-0.4, -0.2) is 17.3 Å². The van der Waals surface area contributed by atoms with Crippen LogP contribution in [0.3, 0.4) is 0 Å². The minimum atomic E-state index is -1.13. The molecule has 0 fully saturated rings. The highest BCUT2D eigenvalue weighted by molar-refractivity contribution is 7.98. The zero-order valence-corrected chi connectivity index (χ0v) is 8.82. The van der Waals surface area contributed by atoms with Gasteiger partial charge in [-0.05, 0) is 18.4 Å². The standard InChI is InChI=1S/C9H6ClNO2S/c1-14-7-3-2-5(9(12)13)8(10)6(7)4-11/h2-3H,1H3,(H,12,13). The molecule has 0 aliphatic rings. The van der Waals surface area contributed by atoms with Gasteiger partial charge in [-0.2, -0.15) is 5.26 Å². The van der Waals surface area contributed by atoms with Gasteiger partial charge in [-0.25, -0.2) is 4.79 Å². The van der Waals surface area contributed by atoms with Crippen molar-refractivity contribution in [3.05, 3.63) is 28.3 Å². The fraction of sp³-hybridized carbons (Fsp3) is 0.111. The lowest BCUT2D eigenvalue weighted by Crippen LogP contribution is -1.99. The van der Waals surface area contributed by atoms with E-state index in [1.807, 2.05) is 6.07 Å². The Labute approximate surface area is 90.3 Å². The number of hydrogen-bond donors (Lipinski definition) is 1. The lowest BCUT2D eigenvalue weighted by Gasteiger charge is -2.04. The highest BCUT2D eigenvalue weighted by Crippen LogP contribution is 2.29. The van der Waals surface area contributed by atoms with Crippen LogP contribution in [-0.2, 0) is 0 Å². The van der Waals surface area contributed by atoms with Gasteiger partial charge in [0.2, 0.25) is 0 Å². The Bertz CT molecular complexity index is 426. The summed E-state index contributed by atoms with van der Waals surface area (Å²) >= 11 is 7.13. The maximum Gasteiger partial charge on any atom is 0.337 e. The van der Waals surface area contributed by atoms with E-state index in [0.717, 1.165) is 0 Å². The van der Waals surface area contributed by atoms with Crippen LogP contribution in [0, 0.1) is 11.3 Å². The first kappa shape index (κ1) is 10.9. The number of benzene rings is 1. The van der Waals surface area contributed by atoms with Gasteiger partial charge in [-0.15, -0.1) is 11.8 Å². The number of aromatic carboxylic acids is 1. The molecule has 0 aliphatic heterocycles. The fourth-order valence-corrected chi connectivity index (χ4v) is 1.90. The molecule has 1 N–H and O–H groups in total. The molecule has 0 saturated heterocycles. The van der Waals surface area contributed by atoms with Crippen LogP contribution in [0.2, 0.25) is 5.02 Å². The second-order valence-electron chi connectivity index (χ2n) is 2.42. The van der Waals surface area contributed by atoms with Crippen molar-refractivity contribution in [1.82, 2.24) is 0 Å². The molecule has 1 aromatic carbocycles. The van der Waals surface area contributed by atoms with Crippen LogP contribution in [0.5, 0.6) is 0 Å². The average molecular weight is 228 g/mol. The third-order valence-corrected chi connectivity index (χ3v) is 2.84. The first-order valence-electron chi connectivity index (χ1n) is 3.61. The summed E-state index contributed by atoms with van der Waals surface area (Å²) in [6.45, 7) is 0. The highest BCUT2D eigenvalue weighted by atomic mass is 35.5. The normalized spacial score (nSPS) is 9.50. The molecule has 0 saturated carbocycles. The smallest absolute Gasteiger partial charge is 0.337 e. The summed E-state index contributed by atoms with van der Waals surface area (Å²) in [5.41, 5.74) is 0.181. The van der Waals surface area contributed by atoms with Crippen molar-refractivity contribution >= 4 is 29.3 Å². The van der Waals surface area contributed by atoms with E-state index >= 15 is 0 Å². The van der Waals surface area contributed by atoms with E-state index in [1.54, 1.807) is 12.3 Å². The van der Waals surface area contributed by atoms with Crippen LogP contribution < -0.4 is 0 Å². The molecular formula is C9H6ClNO2S. The summed E-state index contributed by atoms with van der Waals surface area (Å²) in [4.78, 5) is 11.4. The second-order valence-corrected chi connectivity index (χ2v) is 3.65. The van der Waals surface area contributed by atoms with Crippen molar-refractivity contribution in [3.8, 4) is 6.07 Å². The number of carboxylic acids is 1. The van der Waals surface area contributed by atoms with Crippen LogP contribution in [0.25, 0.3) is 0 Å². The van der Waals surface area contributed by atoms with Crippen molar-refractivity contribution in [3.63, 3.8) is 0 Å². The molecule has 1 aromatic rings. The number of thioether (sulfide) groups is 1. The molecule has 0 bridgehead atoms. The van der Waals surface area contributed by atoms with Gasteiger partial charge >= 0.3 is 5.97 Å². The molecule has 0 heterocycles. The van der Waals surface area contributed by atoms with E-state index in [4.69, 9.17) is 22.0 Å². The number of nitrogens with zero attached hydrogens (tertiary/aromatic N) is 1. The maximum atomic E-state index is 10.7. The molecular weight excluding hydrogens is 222 g/mol. The quantitative estimate of drug-likeness (QED) is 0.789. The summed E-state index contributed by atoms with van der Waals surface area (Å²) < 4.78 is 0. The Morgan fingerprint density at radius 1 is 1.64 bits per heavy atom. The lowest BCUT2D eigenvalue weighted by atomic mass is 10.1. The van der Waals surface area contributed by atoms with E-state index < -0.39 is 5.97 Å². The van der Waals surface area contributed by atoms with Gasteiger partial charge in [0.1, 0.15) is 6.07 Å². The SMILES string of the molecule is CSc1ccc(C(=O)O)c(Cl)c1C#N. The number of carbonyl (C=O) groups is 1. The first-order valence-corrected chi connectivity index (χ1v) is 5.22. The van der Waals surface area contributed by atoms with Crippen LogP contribution in [0.4, 0.5) is 0 Å². The topological polar surface area (TPSA) is 61.1 Å². The van der Waals surface area contributed by atoms with Crippen LogP contribution >= 0.6 is 23.4 Å². The molecule has 0 spiro atoms. The number of carboxylic acid groups (broad SMARTS) is 1. The van der Waals surface area contributed by atoms with E-state index in [1.165, 1.54) is 17.8 Å². The van der Waals surface area contributed by atoms with E-state index in [9.17, 15) is 4.79 Å². The molecule has 0 radical (unpaired) electrons. The lowest BCUT2D eigenvalue weighted by molar-refractivity contribution is 0.0697. The Balaban J connectivity index is 3.44. The molecule has 0 aromatic heterocycles. The van der Waals surface area contributed by atoms with E-state index in [0.29, 0.717) is 4.90 Å². The zero-order valence-electron chi connectivity index (χ0n) is 7.24. The second kappa shape index (κ2) is 4.36. The first-order chi connectivity index (χ1) is 6.61. The molecule has 1 rings (SSSR count). The number of hydrogen-bond acceptors (Lipinski definition) is 3. The van der Waals surface area contributed by atoms with Gasteiger partial charge in [0, 0.05) is 4.90 Å². The Morgan fingerprint density at radius 2 is 2.29 bits per heavy atom. The van der Waals surface area contributed by atoms with Crippen molar-refractivity contribution in [2.24, 2.45) is 0 Å². The Hall–Kier alpha value is -1.18. The molecule has 0 aliphatic carbocycles. The molecule has 0 unspecified atom stereocenters. The maximum absolute atomic E-state index is 10.7. The molecule has 0 atom stereocenters. The molecule has 72 valence electrons. The summed E-state index contributed by atoms with van der Waals surface area (Å²) in [5, 5.41) is 17.6. The number of rotatable bonds is 2. The van der Waals surface area contributed by atoms with Crippen molar-refractivity contribution in [2.45, 2.75) is 4.90 Å². The minimum absolute atomic E-state index is 0.00634. The highest BCUT2D eigenvalue weighted by Gasteiger charge is 2.15. The summed E-state index contributed by atoms with van der Waals surface area (Å²) in [5.74, 6) is -1.13. The summed E-state index contributed by atoms with van der Waals surface area (Å²) in [7, 11) is 0. The monoisotopic (exact) mass is 227 g/mol. The Kier molecular flexibility index (Phi) is 3.39. The zero-order chi connectivity index (χ0) is 10.7. The third kappa shape index (κ3) is 1.84. The summed E-state index contributed by atoms with van der Waals surface area (Å²) in [6, 6.07) is 4.88. The average Bonchev–Trinajstić information content (AvgIpc) is 2.16. The van der Waals surface area contributed by atoms with E-state index in [2.05, 4.69) is 0 Å². The molecule has 3 nitrogen and oxygen atoms in total. The third-order valence-electron chi connectivity index (χ3n) is 1.67. The van der Waals surface area contributed by atoms with Gasteiger partial charge in [-0.3, -0.25) is 0 Å². The van der Waals surface area contributed by atoms with Gasteiger partial charge in [0.25, 0.3) is 0 Å². The number of nitriles is 1. The minimum Gasteiger partial charge on any atom is -0.478 e. The van der Waals surface area contributed by atoms with Crippen molar-refractivity contribution in [2.75, 3.05) is 6.26 Å². The molecule has 0 amide bonds. The van der Waals surface area contributed by atoms with Gasteiger partial charge in [0.05, 0.1) is 16.1 Å². The van der Waals surface area contributed by atoms with Crippen LogP contribution in [0.15, 0.2) is 17.0 Å². The fourth-order valence-electron chi connectivity index (χ4n) is 0.998. The van der Waals surface area contributed by atoms with Gasteiger partial charge in [-0.1, -0.05) is 11.6 Å². The van der Waals surface area contributed by atoms with E-state index in [-0.39, 0.29) is 16.1 Å². The van der Waals surface area contributed by atoms with Crippen LogP contribution in [0.1, 0.15) is 15.9 Å². The van der Waals surface area contributed by atoms with Crippen molar-refractivity contribution < 1.29 is 9.90 Å². The molecule has 14 heavy (non-hydrogen) atoms. The van der Waals surface area contributed by atoms with Gasteiger partial charge in [0.15, 0.2) is 0 Å². The predicted octanol–water partition coefficient (Wildman–Crippen LogP) is 2.63.